The van der Waals surface area contributed by atoms with Crippen LogP contribution in [-0.4, -0.2) is 23.2 Å². The van der Waals surface area contributed by atoms with E-state index in [1.165, 1.54) is 12.8 Å². The number of carboxylic acid groups (broad SMARTS) is 1. The molecule has 62 valence electrons. The van der Waals surface area contributed by atoms with Crippen molar-refractivity contribution in [3.63, 3.8) is 0 Å². The van der Waals surface area contributed by atoms with Crippen molar-refractivity contribution in [2.45, 2.75) is 31.3 Å². The van der Waals surface area contributed by atoms with Crippen molar-refractivity contribution in [1.82, 2.24) is 10.9 Å². The van der Waals surface area contributed by atoms with Gasteiger partial charge in [-0.1, -0.05) is 0 Å². The van der Waals surface area contributed by atoms with Crippen LogP contribution in [0.4, 0.5) is 0 Å². The summed E-state index contributed by atoms with van der Waals surface area (Å²) in [5, 5.41) is 8.63. The number of carbonyl (C=O) groups is 1. The molecule has 2 atom stereocenters. The van der Waals surface area contributed by atoms with E-state index in [1.54, 1.807) is 0 Å². The minimum absolute atomic E-state index is 0.374. The van der Waals surface area contributed by atoms with Crippen LogP contribution < -0.4 is 10.9 Å². The number of nitrogens with one attached hydrogen (secondary N) is 2. The monoisotopic (exact) mass is 156 g/mol. The highest BCUT2D eigenvalue weighted by atomic mass is 16.4. The summed E-state index contributed by atoms with van der Waals surface area (Å²) in [6.07, 6.45) is 3.25. The number of aliphatic carboxylic acids is 1. The summed E-state index contributed by atoms with van der Waals surface area (Å²) in [5.41, 5.74) is 5.80. The molecule has 2 aliphatic rings. The maximum atomic E-state index is 10.5. The number of hydrazine groups is 1. The predicted octanol–water partition coefficient (Wildman–Crippen LogP) is -0.284. The molecule has 0 spiro atoms. The van der Waals surface area contributed by atoms with E-state index in [0.29, 0.717) is 6.04 Å². The number of hydrogen-bond donors (Lipinski definition) is 3. The van der Waals surface area contributed by atoms with Gasteiger partial charge in [0.05, 0.1) is 0 Å². The van der Waals surface area contributed by atoms with Crippen LogP contribution in [0.2, 0.25) is 0 Å². The zero-order chi connectivity index (χ0) is 7.84. The average molecular weight is 156 g/mol. The first kappa shape index (κ1) is 7.06. The first-order valence-electron chi connectivity index (χ1n) is 4.01. The molecule has 1 saturated heterocycles. The zero-order valence-corrected chi connectivity index (χ0v) is 6.21. The lowest BCUT2D eigenvalue weighted by Gasteiger charge is -2.04. The van der Waals surface area contributed by atoms with Crippen molar-refractivity contribution in [1.29, 1.82) is 0 Å². The van der Waals surface area contributed by atoms with E-state index in [9.17, 15) is 4.79 Å². The first-order chi connectivity index (χ1) is 5.27. The SMILES string of the molecule is O=C(O)C1CC(C2CC2)NN1. The fraction of sp³-hybridized carbons (Fsp3) is 0.857. The zero-order valence-electron chi connectivity index (χ0n) is 6.21. The summed E-state index contributed by atoms with van der Waals surface area (Å²) >= 11 is 0. The van der Waals surface area contributed by atoms with E-state index in [4.69, 9.17) is 5.11 Å². The van der Waals surface area contributed by atoms with E-state index < -0.39 is 5.97 Å². The van der Waals surface area contributed by atoms with E-state index in [2.05, 4.69) is 10.9 Å². The van der Waals surface area contributed by atoms with Crippen molar-refractivity contribution in [2.75, 3.05) is 0 Å². The number of rotatable bonds is 2. The molecule has 1 aliphatic heterocycles. The Kier molecular flexibility index (Phi) is 1.58. The maximum absolute atomic E-state index is 10.5. The molecule has 0 aromatic rings. The summed E-state index contributed by atoms with van der Waals surface area (Å²) in [6, 6.07) is 0.0247. The predicted molar refractivity (Wildman–Crippen MR) is 38.8 cm³/mol. The Morgan fingerprint density at radius 2 is 2.09 bits per heavy atom. The molecule has 0 aromatic heterocycles. The van der Waals surface area contributed by atoms with E-state index >= 15 is 0 Å². The van der Waals surface area contributed by atoms with Crippen LogP contribution in [0.25, 0.3) is 0 Å². The molecule has 0 amide bonds. The summed E-state index contributed by atoms with van der Waals surface area (Å²) in [6.45, 7) is 0. The van der Waals surface area contributed by atoms with Crippen LogP contribution in [0, 0.1) is 5.92 Å². The Balaban J connectivity index is 1.87. The minimum atomic E-state index is -0.749. The van der Waals surface area contributed by atoms with Gasteiger partial charge in [-0.2, -0.15) is 0 Å². The van der Waals surface area contributed by atoms with E-state index in [-0.39, 0.29) is 6.04 Å². The quantitative estimate of drug-likeness (QED) is 0.514. The first-order valence-corrected chi connectivity index (χ1v) is 4.01. The van der Waals surface area contributed by atoms with Crippen molar-refractivity contribution >= 4 is 5.97 Å². The average Bonchev–Trinajstić information content (AvgIpc) is 2.68. The second-order valence-electron chi connectivity index (χ2n) is 3.36. The van der Waals surface area contributed by atoms with Gasteiger partial charge in [0.1, 0.15) is 6.04 Å². The molecule has 11 heavy (non-hydrogen) atoms. The maximum Gasteiger partial charge on any atom is 0.322 e. The Bertz CT molecular complexity index is 179. The lowest BCUT2D eigenvalue weighted by atomic mass is 10.1. The molecule has 2 unspecified atom stereocenters. The highest BCUT2D eigenvalue weighted by molar-refractivity contribution is 5.73. The highest BCUT2D eigenvalue weighted by Crippen LogP contribution is 2.35. The largest absolute Gasteiger partial charge is 0.480 e. The van der Waals surface area contributed by atoms with Crippen molar-refractivity contribution < 1.29 is 9.90 Å². The fourth-order valence-electron chi connectivity index (χ4n) is 1.55. The molecule has 0 aromatic carbocycles. The standard InChI is InChI=1S/C7H12N2O2/c10-7(11)6-3-5(8-9-6)4-1-2-4/h4-6,8-9H,1-3H2,(H,10,11). The van der Waals surface area contributed by atoms with Crippen LogP contribution in [-0.2, 0) is 4.79 Å². The van der Waals surface area contributed by atoms with Gasteiger partial charge in [0, 0.05) is 6.04 Å². The summed E-state index contributed by atoms with van der Waals surface area (Å²) < 4.78 is 0. The topological polar surface area (TPSA) is 61.4 Å². The third-order valence-corrected chi connectivity index (χ3v) is 2.42. The molecule has 1 aliphatic carbocycles. The fourth-order valence-corrected chi connectivity index (χ4v) is 1.55. The second-order valence-corrected chi connectivity index (χ2v) is 3.36. The molecular formula is C7H12N2O2. The van der Waals surface area contributed by atoms with Gasteiger partial charge in [0.15, 0.2) is 0 Å². The normalized spacial score (nSPS) is 37.5. The molecule has 1 saturated carbocycles. The molecule has 0 bridgehead atoms. The molecule has 4 heteroatoms. The number of hydrogen-bond acceptors (Lipinski definition) is 3. The Morgan fingerprint density at radius 1 is 1.36 bits per heavy atom. The molecule has 1 heterocycles. The summed E-state index contributed by atoms with van der Waals surface area (Å²) in [7, 11) is 0. The van der Waals surface area contributed by atoms with Gasteiger partial charge >= 0.3 is 5.97 Å². The van der Waals surface area contributed by atoms with E-state index in [0.717, 1.165) is 12.3 Å². The second kappa shape index (κ2) is 2.46. The van der Waals surface area contributed by atoms with E-state index in [1.807, 2.05) is 0 Å². The Labute approximate surface area is 64.9 Å². The molecule has 2 fully saturated rings. The molecule has 3 N–H and O–H groups in total. The molecular weight excluding hydrogens is 144 g/mol. The van der Waals surface area contributed by atoms with Crippen LogP contribution in [0.15, 0.2) is 0 Å². The third-order valence-electron chi connectivity index (χ3n) is 2.42. The van der Waals surface area contributed by atoms with Crippen molar-refractivity contribution in [3.8, 4) is 0 Å². The summed E-state index contributed by atoms with van der Waals surface area (Å²) in [4.78, 5) is 10.5. The van der Waals surface area contributed by atoms with Crippen LogP contribution in [0.3, 0.4) is 0 Å². The Morgan fingerprint density at radius 3 is 2.55 bits per heavy atom. The van der Waals surface area contributed by atoms with Crippen molar-refractivity contribution in [2.24, 2.45) is 5.92 Å². The lowest BCUT2D eigenvalue weighted by molar-refractivity contribution is -0.139. The van der Waals surface area contributed by atoms with Gasteiger partial charge in [-0.05, 0) is 25.2 Å². The van der Waals surface area contributed by atoms with Crippen molar-refractivity contribution in [3.05, 3.63) is 0 Å². The number of carboxylic acids is 1. The Hall–Kier alpha value is -0.610. The van der Waals surface area contributed by atoms with Crippen LogP contribution >= 0.6 is 0 Å². The minimum Gasteiger partial charge on any atom is -0.480 e. The van der Waals surface area contributed by atoms with Gasteiger partial charge < -0.3 is 5.11 Å². The van der Waals surface area contributed by atoms with Gasteiger partial charge in [0.25, 0.3) is 0 Å². The summed E-state index contributed by atoms with van der Waals surface area (Å²) in [5.74, 6) is -0.0208. The van der Waals surface area contributed by atoms with Crippen LogP contribution in [0.1, 0.15) is 19.3 Å². The molecule has 0 radical (unpaired) electrons. The lowest BCUT2D eigenvalue weighted by Crippen LogP contribution is -2.37. The van der Waals surface area contributed by atoms with Gasteiger partial charge in [0.2, 0.25) is 0 Å². The van der Waals surface area contributed by atoms with Crippen LogP contribution in [0.5, 0.6) is 0 Å². The van der Waals surface area contributed by atoms with Gasteiger partial charge in [-0.25, -0.2) is 5.43 Å². The third kappa shape index (κ3) is 1.36. The smallest absolute Gasteiger partial charge is 0.322 e. The molecule has 2 rings (SSSR count). The van der Waals surface area contributed by atoms with Gasteiger partial charge in [-0.15, -0.1) is 0 Å². The van der Waals surface area contributed by atoms with Gasteiger partial charge in [-0.3, -0.25) is 10.2 Å². The molecule has 4 nitrogen and oxygen atoms in total. The highest BCUT2D eigenvalue weighted by Gasteiger charge is 2.38.